The molecule has 2 N–H and O–H groups in total. The molecule has 0 spiro atoms. The van der Waals surface area contributed by atoms with Gasteiger partial charge in [0.1, 0.15) is 5.54 Å². The van der Waals surface area contributed by atoms with Gasteiger partial charge in [0.05, 0.1) is 5.92 Å². The van der Waals surface area contributed by atoms with Crippen LogP contribution in [0.4, 0.5) is 0 Å². The average molecular weight is 281 g/mol. The standard InChI is InChI=1S/C14H19NO3S/c1-10(11-6-5-9-19-11)12(16)15-14(13(17)18)7-3-2-4-8-14/h5-6,9-10H,2-4,7-8H2,1H3,(H,15,16)(H,17,18). The minimum Gasteiger partial charge on any atom is -0.480 e. The van der Waals surface area contributed by atoms with E-state index in [9.17, 15) is 14.7 Å². The lowest BCUT2D eigenvalue weighted by Crippen LogP contribution is -2.56. The summed E-state index contributed by atoms with van der Waals surface area (Å²) < 4.78 is 0. The zero-order chi connectivity index (χ0) is 13.9. The van der Waals surface area contributed by atoms with Crippen molar-refractivity contribution in [1.82, 2.24) is 5.32 Å². The minimum atomic E-state index is -1.05. The number of nitrogens with one attached hydrogen (secondary N) is 1. The lowest BCUT2D eigenvalue weighted by molar-refractivity contribution is -0.149. The number of carbonyl (C=O) groups excluding carboxylic acids is 1. The predicted octanol–water partition coefficient (Wildman–Crippen LogP) is 2.76. The van der Waals surface area contributed by atoms with E-state index in [0.717, 1.165) is 24.1 Å². The van der Waals surface area contributed by atoms with E-state index in [-0.39, 0.29) is 11.8 Å². The fraction of sp³-hybridized carbons (Fsp3) is 0.571. The zero-order valence-corrected chi connectivity index (χ0v) is 11.8. The number of amides is 1. The highest BCUT2D eigenvalue weighted by atomic mass is 32.1. The topological polar surface area (TPSA) is 66.4 Å². The summed E-state index contributed by atoms with van der Waals surface area (Å²) in [6, 6.07) is 3.81. The second kappa shape index (κ2) is 5.74. The normalized spacial score (nSPS) is 19.6. The molecule has 1 fully saturated rings. The third kappa shape index (κ3) is 2.97. The van der Waals surface area contributed by atoms with E-state index in [0.29, 0.717) is 12.8 Å². The van der Waals surface area contributed by atoms with Crippen LogP contribution in [-0.4, -0.2) is 22.5 Å². The van der Waals surface area contributed by atoms with Crippen molar-refractivity contribution in [3.8, 4) is 0 Å². The van der Waals surface area contributed by atoms with Crippen LogP contribution in [0.3, 0.4) is 0 Å². The van der Waals surface area contributed by atoms with Crippen molar-refractivity contribution in [2.75, 3.05) is 0 Å². The smallest absolute Gasteiger partial charge is 0.329 e. The molecular weight excluding hydrogens is 262 g/mol. The summed E-state index contributed by atoms with van der Waals surface area (Å²) in [5.74, 6) is -1.39. The van der Waals surface area contributed by atoms with Crippen LogP contribution in [0.5, 0.6) is 0 Å². The van der Waals surface area contributed by atoms with Crippen LogP contribution in [-0.2, 0) is 9.59 Å². The molecule has 1 amide bonds. The number of carboxylic acids is 1. The average Bonchev–Trinajstić information content (AvgIpc) is 2.92. The predicted molar refractivity (Wildman–Crippen MR) is 74.3 cm³/mol. The molecule has 1 saturated carbocycles. The van der Waals surface area contributed by atoms with Crippen molar-refractivity contribution in [1.29, 1.82) is 0 Å². The highest BCUT2D eigenvalue weighted by molar-refractivity contribution is 7.10. The molecule has 104 valence electrons. The summed E-state index contributed by atoms with van der Waals surface area (Å²) in [5.41, 5.74) is -1.05. The quantitative estimate of drug-likeness (QED) is 0.891. The summed E-state index contributed by atoms with van der Waals surface area (Å²) in [6.07, 6.45) is 3.84. The Morgan fingerprint density at radius 2 is 2.05 bits per heavy atom. The van der Waals surface area contributed by atoms with Gasteiger partial charge in [0.25, 0.3) is 0 Å². The van der Waals surface area contributed by atoms with Crippen LogP contribution >= 0.6 is 11.3 Å². The summed E-state index contributed by atoms with van der Waals surface area (Å²) in [5, 5.41) is 14.1. The molecule has 4 nitrogen and oxygen atoms in total. The number of thiophene rings is 1. The highest BCUT2D eigenvalue weighted by Crippen LogP contribution is 2.30. The molecule has 1 aromatic heterocycles. The van der Waals surface area contributed by atoms with Gasteiger partial charge in [0, 0.05) is 4.88 Å². The molecule has 2 rings (SSSR count). The SMILES string of the molecule is CC(C(=O)NC1(C(=O)O)CCCCC1)c1cccs1. The molecule has 0 aromatic carbocycles. The number of carboxylic acid groups (broad SMARTS) is 1. The van der Waals surface area contributed by atoms with Gasteiger partial charge in [0.2, 0.25) is 5.91 Å². The van der Waals surface area contributed by atoms with E-state index in [4.69, 9.17) is 0 Å². The number of rotatable bonds is 4. The lowest BCUT2D eigenvalue weighted by atomic mass is 9.81. The van der Waals surface area contributed by atoms with E-state index >= 15 is 0 Å². The van der Waals surface area contributed by atoms with Crippen LogP contribution in [0.2, 0.25) is 0 Å². The Balaban J connectivity index is 2.09. The third-order valence-electron chi connectivity index (χ3n) is 3.84. The molecule has 1 heterocycles. The first kappa shape index (κ1) is 14.1. The van der Waals surface area contributed by atoms with Crippen molar-refractivity contribution in [2.45, 2.75) is 50.5 Å². The van der Waals surface area contributed by atoms with Crippen LogP contribution in [0.15, 0.2) is 17.5 Å². The molecular formula is C14H19NO3S. The summed E-state index contributed by atoms with van der Waals surface area (Å²) in [4.78, 5) is 24.7. The van der Waals surface area contributed by atoms with Gasteiger partial charge in [-0.05, 0) is 31.2 Å². The summed E-state index contributed by atoms with van der Waals surface area (Å²) >= 11 is 1.52. The maximum absolute atomic E-state index is 12.3. The molecule has 1 aliphatic carbocycles. The van der Waals surface area contributed by atoms with Crippen molar-refractivity contribution in [2.24, 2.45) is 0 Å². The van der Waals surface area contributed by atoms with Gasteiger partial charge in [-0.2, -0.15) is 0 Å². The van der Waals surface area contributed by atoms with Crippen molar-refractivity contribution in [3.63, 3.8) is 0 Å². The van der Waals surface area contributed by atoms with Crippen molar-refractivity contribution < 1.29 is 14.7 Å². The van der Waals surface area contributed by atoms with Gasteiger partial charge < -0.3 is 10.4 Å². The second-order valence-corrected chi connectivity index (χ2v) is 6.15. The molecule has 0 saturated heterocycles. The van der Waals surface area contributed by atoms with Gasteiger partial charge in [-0.15, -0.1) is 11.3 Å². The molecule has 1 aliphatic rings. The fourth-order valence-corrected chi connectivity index (χ4v) is 3.34. The first-order chi connectivity index (χ1) is 9.05. The molecule has 1 aromatic rings. The van der Waals surface area contributed by atoms with Gasteiger partial charge in [-0.25, -0.2) is 4.79 Å². The molecule has 19 heavy (non-hydrogen) atoms. The van der Waals surface area contributed by atoms with E-state index in [1.807, 2.05) is 24.4 Å². The fourth-order valence-electron chi connectivity index (χ4n) is 2.56. The molecule has 0 radical (unpaired) electrons. The number of hydrogen-bond donors (Lipinski definition) is 2. The molecule has 1 unspecified atom stereocenters. The molecule has 1 atom stereocenters. The third-order valence-corrected chi connectivity index (χ3v) is 4.90. The Kier molecular flexibility index (Phi) is 4.24. The second-order valence-electron chi connectivity index (χ2n) is 5.17. The number of hydrogen-bond acceptors (Lipinski definition) is 3. The highest BCUT2D eigenvalue weighted by Gasteiger charge is 2.41. The van der Waals surface area contributed by atoms with Crippen LogP contribution in [0.25, 0.3) is 0 Å². The monoisotopic (exact) mass is 281 g/mol. The first-order valence-electron chi connectivity index (χ1n) is 6.64. The minimum absolute atomic E-state index is 0.188. The zero-order valence-electron chi connectivity index (χ0n) is 11.0. The molecule has 5 heteroatoms. The van der Waals surface area contributed by atoms with Gasteiger partial charge in [-0.3, -0.25) is 4.79 Å². The first-order valence-corrected chi connectivity index (χ1v) is 7.52. The van der Waals surface area contributed by atoms with E-state index in [2.05, 4.69) is 5.32 Å². The Hall–Kier alpha value is -1.36. The number of aliphatic carboxylic acids is 1. The van der Waals surface area contributed by atoms with Gasteiger partial charge >= 0.3 is 5.97 Å². The summed E-state index contributed by atoms with van der Waals surface area (Å²) in [6.45, 7) is 1.82. The lowest BCUT2D eigenvalue weighted by Gasteiger charge is -2.34. The largest absolute Gasteiger partial charge is 0.480 e. The molecule has 0 aliphatic heterocycles. The van der Waals surface area contributed by atoms with Crippen molar-refractivity contribution >= 4 is 23.2 Å². The number of carbonyl (C=O) groups is 2. The molecule has 0 bridgehead atoms. The maximum Gasteiger partial charge on any atom is 0.329 e. The Labute approximate surface area is 116 Å². The maximum atomic E-state index is 12.3. The van der Waals surface area contributed by atoms with Gasteiger partial charge in [-0.1, -0.05) is 25.3 Å². The van der Waals surface area contributed by atoms with Crippen LogP contribution < -0.4 is 5.32 Å². The van der Waals surface area contributed by atoms with Crippen LogP contribution in [0.1, 0.15) is 49.8 Å². The Morgan fingerprint density at radius 1 is 1.37 bits per heavy atom. The Morgan fingerprint density at radius 3 is 2.58 bits per heavy atom. The van der Waals surface area contributed by atoms with E-state index < -0.39 is 11.5 Å². The van der Waals surface area contributed by atoms with Crippen LogP contribution in [0, 0.1) is 0 Å². The van der Waals surface area contributed by atoms with E-state index in [1.54, 1.807) is 0 Å². The van der Waals surface area contributed by atoms with Gasteiger partial charge in [0.15, 0.2) is 0 Å². The Bertz CT molecular complexity index is 449. The summed E-state index contributed by atoms with van der Waals surface area (Å²) in [7, 11) is 0. The van der Waals surface area contributed by atoms with E-state index in [1.165, 1.54) is 11.3 Å². The van der Waals surface area contributed by atoms with Crippen molar-refractivity contribution in [3.05, 3.63) is 22.4 Å².